The van der Waals surface area contributed by atoms with E-state index in [9.17, 15) is 14.4 Å². The van der Waals surface area contributed by atoms with Gasteiger partial charge < -0.3 is 15.4 Å². The SMILES string of the molecule is CCC[C@@H](C)NC(=O)COC(=O)/C(=C/c1ccccc1)NC(C)=O. The van der Waals surface area contributed by atoms with Crippen molar-refractivity contribution in [2.24, 2.45) is 0 Å². The van der Waals surface area contributed by atoms with Crippen LogP contribution in [0.1, 0.15) is 39.2 Å². The highest BCUT2D eigenvalue weighted by Gasteiger charge is 2.15. The van der Waals surface area contributed by atoms with Gasteiger partial charge in [-0.3, -0.25) is 9.59 Å². The van der Waals surface area contributed by atoms with Crippen molar-refractivity contribution in [3.63, 3.8) is 0 Å². The van der Waals surface area contributed by atoms with E-state index in [-0.39, 0.29) is 17.6 Å². The van der Waals surface area contributed by atoms with Gasteiger partial charge in [0.2, 0.25) is 5.91 Å². The van der Waals surface area contributed by atoms with Gasteiger partial charge in [-0.25, -0.2) is 4.79 Å². The Bertz CT molecular complexity index is 596. The van der Waals surface area contributed by atoms with Crippen molar-refractivity contribution in [2.45, 2.75) is 39.7 Å². The van der Waals surface area contributed by atoms with E-state index in [1.807, 2.05) is 32.0 Å². The number of carbonyl (C=O) groups is 3. The molecular weight excluding hydrogens is 308 g/mol. The molecule has 6 heteroatoms. The molecule has 0 aliphatic heterocycles. The molecule has 1 aromatic carbocycles. The zero-order chi connectivity index (χ0) is 17.9. The summed E-state index contributed by atoms with van der Waals surface area (Å²) in [5, 5.41) is 5.17. The Balaban J connectivity index is 2.67. The fourth-order valence-electron chi connectivity index (χ4n) is 2.08. The van der Waals surface area contributed by atoms with Gasteiger partial charge in [0.1, 0.15) is 5.70 Å². The summed E-state index contributed by atoms with van der Waals surface area (Å²) < 4.78 is 4.98. The lowest BCUT2D eigenvalue weighted by atomic mass is 10.2. The summed E-state index contributed by atoms with van der Waals surface area (Å²) in [5.41, 5.74) is 0.724. The maximum Gasteiger partial charge on any atom is 0.355 e. The van der Waals surface area contributed by atoms with Crippen molar-refractivity contribution >= 4 is 23.9 Å². The van der Waals surface area contributed by atoms with Gasteiger partial charge >= 0.3 is 5.97 Å². The molecule has 1 atom stereocenters. The minimum atomic E-state index is -0.757. The Hall–Kier alpha value is -2.63. The number of amides is 2. The molecule has 0 aliphatic carbocycles. The molecule has 0 heterocycles. The first-order valence-electron chi connectivity index (χ1n) is 7.93. The Morgan fingerprint density at radius 1 is 1.21 bits per heavy atom. The van der Waals surface area contributed by atoms with Gasteiger partial charge in [0.15, 0.2) is 6.61 Å². The zero-order valence-electron chi connectivity index (χ0n) is 14.3. The van der Waals surface area contributed by atoms with Crippen molar-refractivity contribution in [2.75, 3.05) is 6.61 Å². The van der Waals surface area contributed by atoms with Crippen LogP contribution >= 0.6 is 0 Å². The molecule has 0 spiro atoms. The summed E-state index contributed by atoms with van der Waals surface area (Å²) in [6.45, 7) is 4.82. The molecule has 24 heavy (non-hydrogen) atoms. The van der Waals surface area contributed by atoms with E-state index in [0.29, 0.717) is 0 Å². The summed E-state index contributed by atoms with van der Waals surface area (Å²) in [7, 11) is 0. The van der Waals surface area contributed by atoms with E-state index in [1.54, 1.807) is 12.1 Å². The first-order chi connectivity index (χ1) is 11.4. The van der Waals surface area contributed by atoms with Crippen molar-refractivity contribution in [1.82, 2.24) is 10.6 Å². The van der Waals surface area contributed by atoms with Gasteiger partial charge in [-0.2, -0.15) is 0 Å². The van der Waals surface area contributed by atoms with E-state index in [4.69, 9.17) is 4.74 Å². The van der Waals surface area contributed by atoms with Crippen LogP contribution in [0.15, 0.2) is 36.0 Å². The highest BCUT2D eigenvalue weighted by atomic mass is 16.5. The lowest BCUT2D eigenvalue weighted by molar-refractivity contribution is -0.145. The Labute approximate surface area is 142 Å². The first kappa shape index (κ1) is 19.4. The molecular formula is C18H24N2O4. The molecule has 0 aromatic heterocycles. The predicted octanol–water partition coefficient (Wildman–Crippen LogP) is 2.01. The molecule has 6 nitrogen and oxygen atoms in total. The van der Waals surface area contributed by atoms with Crippen molar-refractivity contribution in [3.05, 3.63) is 41.6 Å². The van der Waals surface area contributed by atoms with Gasteiger partial charge in [-0.05, 0) is 25.0 Å². The molecule has 2 N–H and O–H groups in total. The van der Waals surface area contributed by atoms with Crippen LogP contribution in [-0.2, 0) is 19.1 Å². The maximum atomic E-state index is 12.1. The van der Waals surface area contributed by atoms with Crippen LogP contribution in [-0.4, -0.2) is 30.4 Å². The molecule has 1 rings (SSSR count). The number of rotatable bonds is 8. The number of ether oxygens (including phenoxy) is 1. The molecule has 0 radical (unpaired) electrons. The monoisotopic (exact) mass is 332 g/mol. The first-order valence-corrected chi connectivity index (χ1v) is 7.93. The lowest BCUT2D eigenvalue weighted by Crippen LogP contribution is -2.36. The lowest BCUT2D eigenvalue weighted by Gasteiger charge is -2.13. The second-order valence-corrected chi connectivity index (χ2v) is 5.48. The van der Waals surface area contributed by atoms with E-state index in [0.717, 1.165) is 18.4 Å². The standard InChI is InChI=1S/C18H24N2O4/c1-4-8-13(2)19-17(22)12-24-18(23)16(20-14(3)21)11-15-9-6-5-7-10-15/h5-7,9-11,13H,4,8,12H2,1-3H3,(H,19,22)(H,20,21)/b16-11-/t13-/m1/s1. The summed E-state index contributed by atoms with van der Waals surface area (Å²) >= 11 is 0. The molecule has 0 aliphatic rings. The van der Waals surface area contributed by atoms with Crippen LogP contribution < -0.4 is 10.6 Å². The van der Waals surface area contributed by atoms with Crippen LogP contribution in [0, 0.1) is 0 Å². The van der Waals surface area contributed by atoms with Gasteiger partial charge in [0, 0.05) is 13.0 Å². The minimum absolute atomic E-state index is 0.0110. The summed E-state index contributed by atoms with van der Waals surface area (Å²) in [6, 6.07) is 9.06. The molecule has 0 saturated heterocycles. The number of hydrogen-bond donors (Lipinski definition) is 2. The van der Waals surface area contributed by atoms with E-state index >= 15 is 0 Å². The van der Waals surface area contributed by atoms with E-state index in [1.165, 1.54) is 13.0 Å². The third kappa shape index (κ3) is 7.58. The highest BCUT2D eigenvalue weighted by molar-refractivity contribution is 5.98. The normalized spacial score (nSPS) is 12.2. The van der Waals surface area contributed by atoms with Crippen molar-refractivity contribution < 1.29 is 19.1 Å². The average Bonchev–Trinajstić information content (AvgIpc) is 2.52. The Morgan fingerprint density at radius 3 is 2.46 bits per heavy atom. The van der Waals surface area contributed by atoms with Crippen LogP contribution in [0.5, 0.6) is 0 Å². The van der Waals surface area contributed by atoms with Gasteiger partial charge in [0.05, 0.1) is 0 Å². The van der Waals surface area contributed by atoms with Gasteiger partial charge in [0.25, 0.3) is 5.91 Å². The molecule has 2 amide bonds. The number of esters is 1. The fourth-order valence-corrected chi connectivity index (χ4v) is 2.08. The maximum absolute atomic E-state index is 12.1. The third-order valence-corrected chi connectivity index (χ3v) is 3.10. The molecule has 0 bridgehead atoms. The molecule has 0 saturated carbocycles. The quantitative estimate of drug-likeness (QED) is 0.563. The van der Waals surface area contributed by atoms with Crippen LogP contribution in [0.4, 0.5) is 0 Å². The Morgan fingerprint density at radius 2 is 1.88 bits per heavy atom. The fraction of sp³-hybridized carbons (Fsp3) is 0.389. The second-order valence-electron chi connectivity index (χ2n) is 5.48. The van der Waals surface area contributed by atoms with E-state index < -0.39 is 18.5 Å². The number of hydrogen-bond acceptors (Lipinski definition) is 4. The summed E-state index contributed by atoms with van der Waals surface area (Å²) in [6.07, 6.45) is 3.31. The molecule has 0 unspecified atom stereocenters. The summed E-state index contributed by atoms with van der Waals surface area (Å²) in [4.78, 5) is 35.1. The number of benzene rings is 1. The number of carbonyl (C=O) groups excluding carboxylic acids is 3. The van der Waals surface area contributed by atoms with Gasteiger partial charge in [-0.1, -0.05) is 43.7 Å². The third-order valence-electron chi connectivity index (χ3n) is 3.10. The van der Waals surface area contributed by atoms with Crippen molar-refractivity contribution in [3.8, 4) is 0 Å². The minimum Gasteiger partial charge on any atom is -0.451 e. The number of nitrogens with one attached hydrogen (secondary N) is 2. The highest BCUT2D eigenvalue weighted by Crippen LogP contribution is 2.06. The largest absolute Gasteiger partial charge is 0.451 e. The topological polar surface area (TPSA) is 84.5 Å². The zero-order valence-corrected chi connectivity index (χ0v) is 14.3. The molecule has 130 valence electrons. The summed E-state index contributed by atoms with van der Waals surface area (Å²) in [5.74, 6) is -1.52. The van der Waals surface area contributed by atoms with Crippen LogP contribution in [0.2, 0.25) is 0 Å². The average molecular weight is 332 g/mol. The van der Waals surface area contributed by atoms with E-state index in [2.05, 4.69) is 10.6 Å². The Kier molecular flexibility index (Phi) is 8.25. The van der Waals surface area contributed by atoms with Crippen LogP contribution in [0.3, 0.4) is 0 Å². The van der Waals surface area contributed by atoms with Crippen LogP contribution in [0.25, 0.3) is 6.08 Å². The molecule has 0 fully saturated rings. The smallest absolute Gasteiger partial charge is 0.355 e. The van der Waals surface area contributed by atoms with Crippen molar-refractivity contribution in [1.29, 1.82) is 0 Å². The van der Waals surface area contributed by atoms with Gasteiger partial charge in [-0.15, -0.1) is 0 Å². The predicted molar refractivity (Wildman–Crippen MR) is 91.7 cm³/mol. The molecule has 1 aromatic rings. The second kappa shape index (κ2) is 10.2.